The van der Waals surface area contributed by atoms with Crippen LogP contribution in [0, 0.1) is 0 Å². The number of alkyl halides is 3. The molecule has 1 aliphatic rings. The van der Waals surface area contributed by atoms with E-state index in [0.29, 0.717) is 15.7 Å². The molecule has 0 radical (unpaired) electrons. The SMILES string of the molecule is O=C(N1CCCN(S(=O)(=O)c2cccc3cnccc23)CC1)C(F)(F)F. The number of amides is 1. The highest BCUT2D eigenvalue weighted by Crippen LogP contribution is 2.26. The van der Waals surface area contributed by atoms with Crippen molar-refractivity contribution >= 4 is 26.7 Å². The van der Waals surface area contributed by atoms with E-state index in [2.05, 4.69) is 4.98 Å². The zero-order valence-electron chi connectivity index (χ0n) is 13.6. The van der Waals surface area contributed by atoms with Gasteiger partial charge in [0, 0.05) is 49.3 Å². The van der Waals surface area contributed by atoms with Crippen molar-refractivity contribution in [1.29, 1.82) is 0 Å². The lowest BCUT2D eigenvalue weighted by atomic mass is 10.2. The molecule has 0 aliphatic carbocycles. The quantitative estimate of drug-likeness (QED) is 0.791. The number of halogens is 3. The number of carbonyl (C=O) groups excluding carboxylic acids is 1. The largest absolute Gasteiger partial charge is 0.471 e. The van der Waals surface area contributed by atoms with E-state index in [1.165, 1.54) is 12.3 Å². The molecule has 0 bridgehead atoms. The summed E-state index contributed by atoms with van der Waals surface area (Å²) in [6, 6.07) is 6.36. The van der Waals surface area contributed by atoms with Gasteiger partial charge in [-0.25, -0.2) is 8.42 Å². The molecule has 1 saturated heterocycles. The third-order valence-corrected chi connectivity index (χ3v) is 6.20. The van der Waals surface area contributed by atoms with Crippen molar-refractivity contribution in [3.8, 4) is 0 Å². The van der Waals surface area contributed by atoms with Crippen molar-refractivity contribution in [1.82, 2.24) is 14.2 Å². The number of hydrogen-bond acceptors (Lipinski definition) is 4. The molecule has 1 fully saturated rings. The molecule has 1 aliphatic heterocycles. The highest BCUT2D eigenvalue weighted by molar-refractivity contribution is 7.89. The summed E-state index contributed by atoms with van der Waals surface area (Å²) in [4.78, 5) is 16.1. The van der Waals surface area contributed by atoms with Gasteiger partial charge in [0.15, 0.2) is 0 Å². The Morgan fingerprint density at radius 1 is 1.08 bits per heavy atom. The lowest BCUT2D eigenvalue weighted by molar-refractivity contribution is -0.185. The molecule has 6 nitrogen and oxygen atoms in total. The lowest BCUT2D eigenvalue weighted by Gasteiger charge is -2.23. The van der Waals surface area contributed by atoms with Crippen molar-refractivity contribution in [2.75, 3.05) is 26.2 Å². The summed E-state index contributed by atoms with van der Waals surface area (Å²) in [5, 5.41) is 1.15. The predicted octanol–water partition coefficient (Wildman–Crippen LogP) is 2.02. The van der Waals surface area contributed by atoms with E-state index >= 15 is 0 Å². The second kappa shape index (κ2) is 6.84. The predicted molar refractivity (Wildman–Crippen MR) is 87.8 cm³/mol. The first-order valence-electron chi connectivity index (χ1n) is 7.90. The number of aromatic nitrogens is 1. The molecule has 2 aromatic rings. The maximum absolute atomic E-state index is 13.0. The molecule has 1 amide bonds. The Labute approximate surface area is 148 Å². The first-order valence-corrected chi connectivity index (χ1v) is 9.34. The smallest absolute Gasteiger partial charge is 0.334 e. The molecule has 2 heterocycles. The zero-order chi connectivity index (χ0) is 18.9. The Bertz CT molecular complexity index is 926. The van der Waals surface area contributed by atoms with E-state index in [0.717, 1.165) is 4.31 Å². The van der Waals surface area contributed by atoms with E-state index in [9.17, 15) is 26.4 Å². The van der Waals surface area contributed by atoms with Gasteiger partial charge in [-0.05, 0) is 18.6 Å². The van der Waals surface area contributed by atoms with Crippen molar-refractivity contribution in [2.24, 2.45) is 0 Å². The standard InChI is InChI=1S/C16H16F3N3O3S/c17-16(18,19)15(23)21-7-2-8-22(10-9-21)26(24,25)14-4-1-3-12-11-20-6-5-13(12)14/h1,3-6,11H,2,7-10H2. The van der Waals surface area contributed by atoms with Crippen molar-refractivity contribution < 1.29 is 26.4 Å². The number of sulfonamides is 1. The van der Waals surface area contributed by atoms with Crippen LogP contribution in [0.4, 0.5) is 13.2 Å². The van der Waals surface area contributed by atoms with E-state index in [1.54, 1.807) is 24.4 Å². The van der Waals surface area contributed by atoms with Crippen LogP contribution in [0.1, 0.15) is 6.42 Å². The molecule has 1 aromatic carbocycles. The molecule has 3 rings (SSSR count). The maximum Gasteiger partial charge on any atom is 0.471 e. The van der Waals surface area contributed by atoms with Crippen LogP contribution in [-0.2, 0) is 14.8 Å². The first kappa shape index (κ1) is 18.6. The lowest BCUT2D eigenvalue weighted by Crippen LogP contribution is -2.43. The van der Waals surface area contributed by atoms with E-state index < -0.39 is 22.1 Å². The first-order chi connectivity index (χ1) is 12.2. The topological polar surface area (TPSA) is 70.6 Å². The molecule has 140 valence electrons. The third kappa shape index (κ3) is 3.51. The highest BCUT2D eigenvalue weighted by Gasteiger charge is 2.43. The van der Waals surface area contributed by atoms with Crippen molar-refractivity contribution in [2.45, 2.75) is 17.5 Å². The van der Waals surface area contributed by atoms with Gasteiger partial charge in [0.2, 0.25) is 10.0 Å². The fraction of sp³-hybridized carbons (Fsp3) is 0.375. The molecule has 0 atom stereocenters. The van der Waals surface area contributed by atoms with Crippen LogP contribution in [0.25, 0.3) is 10.8 Å². The minimum Gasteiger partial charge on any atom is -0.334 e. The van der Waals surface area contributed by atoms with Gasteiger partial charge in [-0.3, -0.25) is 9.78 Å². The molecule has 0 spiro atoms. The highest BCUT2D eigenvalue weighted by atomic mass is 32.2. The van der Waals surface area contributed by atoms with E-state index in [1.807, 2.05) is 0 Å². The molecule has 0 unspecified atom stereocenters. The van der Waals surface area contributed by atoms with E-state index in [4.69, 9.17) is 0 Å². The van der Waals surface area contributed by atoms with Gasteiger partial charge in [-0.15, -0.1) is 0 Å². The van der Waals surface area contributed by atoms with Crippen LogP contribution in [0.2, 0.25) is 0 Å². The Morgan fingerprint density at radius 2 is 1.85 bits per heavy atom. The van der Waals surface area contributed by atoms with Gasteiger partial charge < -0.3 is 4.90 Å². The van der Waals surface area contributed by atoms with Crippen LogP contribution in [0.3, 0.4) is 0 Å². The molecular weight excluding hydrogens is 371 g/mol. The van der Waals surface area contributed by atoms with Gasteiger partial charge in [-0.1, -0.05) is 12.1 Å². The number of hydrogen-bond donors (Lipinski definition) is 0. The second-order valence-corrected chi connectivity index (χ2v) is 7.81. The molecule has 26 heavy (non-hydrogen) atoms. The van der Waals surface area contributed by atoms with Crippen LogP contribution >= 0.6 is 0 Å². The minimum atomic E-state index is -4.96. The van der Waals surface area contributed by atoms with Gasteiger partial charge in [0.05, 0.1) is 4.90 Å². The van der Waals surface area contributed by atoms with Crippen LogP contribution < -0.4 is 0 Å². The summed E-state index contributed by atoms with van der Waals surface area (Å²) in [7, 11) is -3.91. The summed E-state index contributed by atoms with van der Waals surface area (Å²) in [5.41, 5.74) is 0. The van der Waals surface area contributed by atoms with Gasteiger partial charge in [0.1, 0.15) is 0 Å². The van der Waals surface area contributed by atoms with E-state index in [-0.39, 0.29) is 37.5 Å². The number of rotatable bonds is 2. The van der Waals surface area contributed by atoms with Crippen molar-refractivity contribution in [3.05, 3.63) is 36.7 Å². The monoisotopic (exact) mass is 387 g/mol. The summed E-state index contributed by atoms with van der Waals surface area (Å²) in [6.07, 6.45) is -1.81. The fourth-order valence-electron chi connectivity index (χ4n) is 2.97. The molecular formula is C16H16F3N3O3S. The average Bonchev–Trinajstić information content (AvgIpc) is 2.86. The third-order valence-electron chi connectivity index (χ3n) is 4.24. The molecule has 1 aromatic heterocycles. The molecule has 0 N–H and O–H groups in total. The zero-order valence-corrected chi connectivity index (χ0v) is 14.4. The number of pyridine rings is 1. The maximum atomic E-state index is 13.0. The van der Waals surface area contributed by atoms with Gasteiger partial charge >= 0.3 is 12.1 Å². The summed E-state index contributed by atoms with van der Waals surface area (Å²) >= 11 is 0. The Morgan fingerprint density at radius 3 is 2.58 bits per heavy atom. The Kier molecular flexibility index (Phi) is 4.89. The minimum absolute atomic E-state index is 0.0471. The van der Waals surface area contributed by atoms with Gasteiger partial charge in [-0.2, -0.15) is 17.5 Å². The average molecular weight is 387 g/mol. The number of fused-ring (bicyclic) bond motifs is 1. The molecule has 0 saturated carbocycles. The summed E-state index contributed by atoms with van der Waals surface area (Å²) in [5.74, 6) is -1.94. The number of carbonyl (C=O) groups is 1. The summed E-state index contributed by atoms with van der Waals surface area (Å²) in [6.45, 7) is -0.579. The fourth-order valence-corrected chi connectivity index (χ4v) is 4.66. The number of nitrogens with zero attached hydrogens (tertiary/aromatic N) is 3. The number of benzene rings is 1. The molecule has 10 heteroatoms. The van der Waals surface area contributed by atoms with Gasteiger partial charge in [0.25, 0.3) is 0 Å². The van der Waals surface area contributed by atoms with Crippen LogP contribution in [0.5, 0.6) is 0 Å². The normalized spacial score (nSPS) is 17.3. The van der Waals surface area contributed by atoms with Crippen LogP contribution in [0.15, 0.2) is 41.6 Å². The summed E-state index contributed by atoms with van der Waals surface area (Å²) < 4.78 is 65.0. The second-order valence-electron chi connectivity index (χ2n) is 5.90. The Balaban J connectivity index is 1.88. The van der Waals surface area contributed by atoms with Crippen LogP contribution in [-0.4, -0.2) is 60.9 Å². The van der Waals surface area contributed by atoms with Crippen molar-refractivity contribution in [3.63, 3.8) is 0 Å². The Hall–Kier alpha value is -2.20.